The van der Waals surface area contributed by atoms with Gasteiger partial charge in [0.15, 0.2) is 11.5 Å². The predicted molar refractivity (Wildman–Crippen MR) is 95.5 cm³/mol. The number of aromatic nitrogens is 5. The van der Waals surface area contributed by atoms with Gasteiger partial charge in [0.25, 0.3) is 5.56 Å². The summed E-state index contributed by atoms with van der Waals surface area (Å²) < 4.78 is 10.5. The molecule has 0 radical (unpaired) electrons. The Morgan fingerprint density at radius 2 is 1.88 bits per heavy atom. The molecular weight excluding hydrogens is 342 g/mol. The van der Waals surface area contributed by atoms with E-state index in [1.54, 1.807) is 19.2 Å². The topological polar surface area (TPSA) is 106 Å². The standard InChI is InChI=1S/C16H19N5O3S/c1-8(2)14-19-16(21-20-14)25-7-13-17-10-6-12(24-4)11(23-3)5-9(10)15(22)18-13/h5-6,8H,7H2,1-4H3,(H,17,18,22)(H,19,20,21). The molecule has 1 aromatic carbocycles. The van der Waals surface area contributed by atoms with Crippen molar-refractivity contribution in [3.05, 3.63) is 34.1 Å². The molecule has 0 unspecified atom stereocenters. The van der Waals surface area contributed by atoms with E-state index in [2.05, 4.69) is 25.1 Å². The zero-order valence-electron chi connectivity index (χ0n) is 14.4. The molecule has 0 saturated carbocycles. The third-order valence-corrected chi connectivity index (χ3v) is 4.49. The first-order chi connectivity index (χ1) is 12.0. The van der Waals surface area contributed by atoms with Gasteiger partial charge >= 0.3 is 0 Å². The summed E-state index contributed by atoms with van der Waals surface area (Å²) in [5, 5.41) is 8.14. The molecule has 0 aliphatic rings. The van der Waals surface area contributed by atoms with Crippen molar-refractivity contribution in [2.24, 2.45) is 0 Å². The Bertz CT molecular complexity index is 951. The average Bonchev–Trinajstić information content (AvgIpc) is 3.08. The number of thioether (sulfide) groups is 1. The molecular formula is C16H19N5O3S. The number of methoxy groups -OCH3 is 2. The fraction of sp³-hybridized carbons (Fsp3) is 0.375. The van der Waals surface area contributed by atoms with Crippen LogP contribution in [0.5, 0.6) is 11.5 Å². The molecule has 2 N–H and O–H groups in total. The van der Waals surface area contributed by atoms with Crippen LogP contribution < -0.4 is 15.0 Å². The molecule has 2 aromatic heterocycles. The molecule has 0 amide bonds. The zero-order chi connectivity index (χ0) is 18.0. The van der Waals surface area contributed by atoms with Crippen LogP contribution in [0.25, 0.3) is 10.9 Å². The van der Waals surface area contributed by atoms with E-state index in [1.807, 2.05) is 13.8 Å². The number of hydrogen-bond acceptors (Lipinski definition) is 7. The quantitative estimate of drug-likeness (QED) is 0.650. The van der Waals surface area contributed by atoms with Gasteiger partial charge in [0, 0.05) is 12.0 Å². The Morgan fingerprint density at radius 1 is 1.16 bits per heavy atom. The van der Waals surface area contributed by atoms with Crippen molar-refractivity contribution >= 4 is 22.7 Å². The first kappa shape index (κ1) is 17.3. The highest BCUT2D eigenvalue weighted by atomic mass is 32.2. The van der Waals surface area contributed by atoms with Crippen molar-refractivity contribution < 1.29 is 9.47 Å². The summed E-state index contributed by atoms with van der Waals surface area (Å²) >= 11 is 1.40. The minimum atomic E-state index is -0.223. The van der Waals surface area contributed by atoms with Gasteiger partial charge in [-0.05, 0) is 6.07 Å². The maximum atomic E-state index is 12.3. The fourth-order valence-electron chi connectivity index (χ4n) is 2.30. The second kappa shape index (κ2) is 7.14. The minimum Gasteiger partial charge on any atom is -0.493 e. The van der Waals surface area contributed by atoms with Crippen LogP contribution in [0.2, 0.25) is 0 Å². The number of aromatic amines is 2. The van der Waals surface area contributed by atoms with E-state index >= 15 is 0 Å². The van der Waals surface area contributed by atoms with Crippen molar-refractivity contribution in [2.45, 2.75) is 30.7 Å². The number of ether oxygens (including phenoxy) is 2. The number of H-pyrrole nitrogens is 2. The van der Waals surface area contributed by atoms with Gasteiger partial charge in [0.05, 0.1) is 30.9 Å². The van der Waals surface area contributed by atoms with Crippen molar-refractivity contribution in [1.82, 2.24) is 25.1 Å². The molecule has 8 nitrogen and oxygen atoms in total. The molecule has 0 spiro atoms. The molecule has 0 aliphatic carbocycles. The van der Waals surface area contributed by atoms with E-state index in [-0.39, 0.29) is 11.5 Å². The Labute approximate surface area is 148 Å². The predicted octanol–water partition coefficient (Wildman–Crippen LogP) is 2.47. The number of nitrogens with one attached hydrogen (secondary N) is 2. The number of benzene rings is 1. The highest BCUT2D eigenvalue weighted by molar-refractivity contribution is 7.98. The first-order valence-corrected chi connectivity index (χ1v) is 8.70. The highest BCUT2D eigenvalue weighted by Crippen LogP contribution is 2.30. The van der Waals surface area contributed by atoms with Crippen molar-refractivity contribution in [3.63, 3.8) is 0 Å². The largest absolute Gasteiger partial charge is 0.493 e. The van der Waals surface area contributed by atoms with E-state index < -0.39 is 0 Å². The summed E-state index contributed by atoms with van der Waals surface area (Å²) in [6.45, 7) is 4.08. The fourth-order valence-corrected chi connectivity index (χ4v) is 2.97. The van der Waals surface area contributed by atoms with Crippen molar-refractivity contribution in [3.8, 4) is 11.5 Å². The number of nitrogens with zero attached hydrogens (tertiary/aromatic N) is 3. The summed E-state index contributed by atoms with van der Waals surface area (Å²) in [5.41, 5.74) is 0.328. The average molecular weight is 361 g/mol. The molecule has 3 rings (SSSR count). The lowest BCUT2D eigenvalue weighted by Crippen LogP contribution is -2.11. The molecule has 9 heteroatoms. The molecule has 25 heavy (non-hydrogen) atoms. The van der Waals surface area contributed by atoms with Crippen LogP contribution in [-0.2, 0) is 5.75 Å². The summed E-state index contributed by atoms with van der Waals surface area (Å²) in [4.78, 5) is 24.0. The van der Waals surface area contributed by atoms with Gasteiger partial charge in [-0.3, -0.25) is 9.89 Å². The van der Waals surface area contributed by atoms with Gasteiger partial charge in [-0.15, -0.1) is 5.10 Å². The first-order valence-electron chi connectivity index (χ1n) is 7.71. The van der Waals surface area contributed by atoms with Crippen LogP contribution in [0, 0.1) is 0 Å². The Morgan fingerprint density at radius 3 is 2.52 bits per heavy atom. The van der Waals surface area contributed by atoms with Crippen LogP contribution in [0.1, 0.15) is 31.4 Å². The molecule has 2 heterocycles. The maximum absolute atomic E-state index is 12.3. The lowest BCUT2D eigenvalue weighted by molar-refractivity contribution is 0.355. The minimum absolute atomic E-state index is 0.223. The summed E-state index contributed by atoms with van der Waals surface area (Å²) in [6.07, 6.45) is 0. The van der Waals surface area contributed by atoms with Crippen LogP contribution in [0.4, 0.5) is 0 Å². The lowest BCUT2D eigenvalue weighted by Gasteiger charge is -2.09. The molecule has 0 atom stereocenters. The highest BCUT2D eigenvalue weighted by Gasteiger charge is 2.12. The maximum Gasteiger partial charge on any atom is 0.258 e. The van der Waals surface area contributed by atoms with Gasteiger partial charge in [-0.2, -0.15) is 0 Å². The van der Waals surface area contributed by atoms with E-state index in [0.717, 1.165) is 5.82 Å². The lowest BCUT2D eigenvalue weighted by atomic mass is 10.2. The molecule has 3 aromatic rings. The number of hydrogen-bond donors (Lipinski definition) is 2. The smallest absolute Gasteiger partial charge is 0.258 e. The second-order valence-electron chi connectivity index (χ2n) is 5.68. The van der Waals surface area contributed by atoms with Crippen molar-refractivity contribution in [1.29, 1.82) is 0 Å². The summed E-state index contributed by atoms with van der Waals surface area (Å²) in [5.74, 6) is 3.14. The SMILES string of the molecule is COc1cc2nc(CSc3n[nH]c(C(C)C)n3)[nH]c(=O)c2cc1OC. The van der Waals surface area contributed by atoms with Crippen molar-refractivity contribution in [2.75, 3.05) is 14.2 Å². The zero-order valence-corrected chi connectivity index (χ0v) is 15.2. The van der Waals surface area contributed by atoms with Gasteiger partial charge in [0.2, 0.25) is 5.16 Å². The van der Waals surface area contributed by atoms with Gasteiger partial charge in [-0.25, -0.2) is 9.97 Å². The number of fused-ring (bicyclic) bond motifs is 1. The molecule has 0 fully saturated rings. The second-order valence-corrected chi connectivity index (χ2v) is 6.63. The van der Waals surface area contributed by atoms with Crippen LogP contribution in [0.15, 0.2) is 22.1 Å². The molecule has 0 bridgehead atoms. The van der Waals surface area contributed by atoms with Gasteiger partial charge in [0.1, 0.15) is 11.6 Å². The Balaban J connectivity index is 1.87. The molecule has 132 valence electrons. The molecule has 0 aliphatic heterocycles. The van der Waals surface area contributed by atoms with Crippen LogP contribution >= 0.6 is 11.8 Å². The van der Waals surface area contributed by atoms with E-state index in [4.69, 9.17) is 9.47 Å². The van der Waals surface area contributed by atoms with Crippen LogP contribution in [0.3, 0.4) is 0 Å². The normalized spacial score (nSPS) is 11.2. The van der Waals surface area contributed by atoms with E-state index in [0.29, 0.717) is 39.1 Å². The van der Waals surface area contributed by atoms with E-state index in [9.17, 15) is 4.79 Å². The molecule has 0 saturated heterocycles. The summed E-state index contributed by atoms with van der Waals surface area (Å²) in [7, 11) is 3.07. The van der Waals surface area contributed by atoms with E-state index in [1.165, 1.54) is 18.9 Å². The third kappa shape index (κ3) is 3.60. The van der Waals surface area contributed by atoms with Gasteiger partial charge < -0.3 is 14.5 Å². The van der Waals surface area contributed by atoms with Gasteiger partial charge in [-0.1, -0.05) is 25.6 Å². The monoisotopic (exact) mass is 361 g/mol. The third-order valence-electron chi connectivity index (χ3n) is 3.63. The number of rotatable bonds is 6. The van der Waals surface area contributed by atoms with Crippen LogP contribution in [-0.4, -0.2) is 39.4 Å². The Kier molecular flexibility index (Phi) is 4.93. The Hall–Kier alpha value is -2.55. The summed E-state index contributed by atoms with van der Waals surface area (Å²) in [6, 6.07) is 3.32.